The van der Waals surface area contributed by atoms with Crippen LogP contribution in [-0.2, 0) is 6.42 Å². The van der Waals surface area contributed by atoms with E-state index in [1.165, 1.54) is 54.6 Å². The van der Waals surface area contributed by atoms with Crippen molar-refractivity contribution in [2.75, 3.05) is 20.6 Å². The summed E-state index contributed by atoms with van der Waals surface area (Å²) in [4.78, 5) is 1.42. The Hall–Kier alpha value is -1.08. The van der Waals surface area contributed by atoms with Crippen molar-refractivity contribution in [2.45, 2.75) is 51.4 Å². The number of benzene rings is 1. The lowest BCUT2D eigenvalue weighted by Crippen LogP contribution is -2.11. The molecule has 1 saturated carbocycles. The highest BCUT2D eigenvalue weighted by Crippen LogP contribution is 2.28. The second-order valence-electron chi connectivity index (χ2n) is 6.35. The first kappa shape index (κ1) is 12.5. The van der Waals surface area contributed by atoms with E-state index >= 15 is 0 Å². The van der Waals surface area contributed by atoms with Gasteiger partial charge >= 0.3 is 0 Å². The first-order chi connectivity index (χ1) is 11.5. The molecule has 116 valence electrons. The zero-order chi connectivity index (χ0) is 17.4. The molecular formula is C20H31N. The predicted molar refractivity (Wildman–Crippen MR) is 93.5 cm³/mol. The van der Waals surface area contributed by atoms with Crippen molar-refractivity contribution in [1.29, 1.82) is 0 Å². The average molecular weight is 288 g/mol. The van der Waals surface area contributed by atoms with Crippen LogP contribution in [0.5, 0.6) is 0 Å². The molecule has 0 heterocycles. The highest BCUT2D eigenvalue weighted by Gasteiger charge is 2.13. The topological polar surface area (TPSA) is 3.24 Å². The van der Waals surface area contributed by atoms with Crippen LogP contribution < -0.4 is 0 Å². The summed E-state index contributed by atoms with van der Waals surface area (Å²) in [5.74, 6) is 0.906. The first-order valence-electron chi connectivity index (χ1n) is 9.92. The van der Waals surface area contributed by atoms with E-state index in [0.717, 1.165) is 18.8 Å². The van der Waals surface area contributed by atoms with Gasteiger partial charge in [-0.15, -0.1) is 0 Å². The van der Waals surface area contributed by atoms with Gasteiger partial charge in [0, 0.05) is 10.7 Å². The summed E-state index contributed by atoms with van der Waals surface area (Å²) in [6.07, 6.45) is 14.5. The molecule has 21 heavy (non-hydrogen) atoms. The number of hydrogen-bond donors (Lipinski definition) is 0. The van der Waals surface area contributed by atoms with Gasteiger partial charge in [0.2, 0.25) is 0 Å². The van der Waals surface area contributed by atoms with E-state index in [1.807, 2.05) is 0 Å². The quantitative estimate of drug-likeness (QED) is 0.669. The molecule has 2 rings (SSSR count). The molecule has 1 fully saturated rings. The van der Waals surface area contributed by atoms with Gasteiger partial charge in [0.1, 0.15) is 0 Å². The molecule has 1 aliphatic rings. The Morgan fingerprint density at radius 1 is 1.24 bits per heavy atom. The number of nitrogens with zero attached hydrogens (tertiary/aromatic N) is 1. The molecule has 1 aliphatic carbocycles. The number of aryl methyl sites for hydroxylation is 1. The van der Waals surface area contributed by atoms with E-state index in [0.29, 0.717) is 6.54 Å². The third-order valence-electron chi connectivity index (χ3n) is 4.53. The standard InChI is InChI=1S/C20H31N/c1-21(2)17-9-8-14-19-12-6-7-13-20(19)16-15-18-10-4-3-5-11-18/h6-8,12-14,18H,3-5,9-11,15-17H2,1-2H3/b14-8+/i1D3. The van der Waals surface area contributed by atoms with Crippen molar-refractivity contribution in [3.63, 3.8) is 0 Å². The van der Waals surface area contributed by atoms with Crippen LogP contribution in [0.2, 0.25) is 0 Å². The van der Waals surface area contributed by atoms with E-state index in [9.17, 15) is 0 Å². The van der Waals surface area contributed by atoms with Crippen molar-refractivity contribution >= 4 is 6.08 Å². The fourth-order valence-corrected chi connectivity index (χ4v) is 3.24. The molecule has 0 bridgehead atoms. The Morgan fingerprint density at radius 3 is 2.86 bits per heavy atom. The van der Waals surface area contributed by atoms with Crippen LogP contribution in [0.25, 0.3) is 6.08 Å². The molecule has 0 N–H and O–H groups in total. The van der Waals surface area contributed by atoms with E-state index in [1.54, 1.807) is 7.05 Å². The highest BCUT2D eigenvalue weighted by molar-refractivity contribution is 5.53. The minimum atomic E-state index is -1.99. The molecule has 0 unspecified atom stereocenters. The summed E-state index contributed by atoms with van der Waals surface area (Å²) in [5, 5.41) is 0. The molecular weight excluding hydrogens is 254 g/mol. The molecule has 0 radical (unpaired) electrons. The fraction of sp³-hybridized carbons (Fsp3) is 0.600. The molecule has 0 aromatic heterocycles. The Balaban J connectivity index is 1.85. The summed E-state index contributed by atoms with van der Waals surface area (Å²) < 4.78 is 22.1. The lowest BCUT2D eigenvalue weighted by Gasteiger charge is -2.21. The fourth-order valence-electron chi connectivity index (χ4n) is 3.24. The van der Waals surface area contributed by atoms with Crippen LogP contribution in [0.15, 0.2) is 30.3 Å². The van der Waals surface area contributed by atoms with Crippen molar-refractivity contribution in [2.24, 2.45) is 5.92 Å². The van der Waals surface area contributed by atoms with E-state index in [2.05, 4.69) is 36.4 Å². The van der Waals surface area contributed by atoms with Crippen LogP contribution in [0.1, 0.15) is 60.2 Å². The van der Waals surface area contributed by atoms with Crippen LogP contribution in [0, 0.1) is 5.92 Å². The van der Waals surface area contributed by atoms with Gasteiger partial charge in [-0.2, -0.15) is 0 Å². The second kappa shape index (κ2) is 9.04. The lowest BCUT2D eigenvalue weighted by atomic mass is 9.85. The van der Waals surface area contributed by atoms with Gasteiger partial charge in [0.05, 0.1) is 0 Å². The molecule has 1 nitrogen and oxygen atoms in total. The smallest absolute Gasteiger partial charge is 0.0394 e. The van der Waals surface area contributed by atoms with Crippen molar-refractivity contribution in [1.82, 2.24) is 4.90 Å². The van der Waals surface area contributed by atoms with Crippen LogP contribution >= 0.6 is 0 Å². The Bertz CT molecular complexity index is 516. The van der Waals surface area contributed by atoms with Gasteiger partial charge < -0.3 is 4.90 Å². The predicted octanol–water partition coefficient (Wildman–Crippen LogP) is 5.16. The highest BCUT2D eigenvalue weighted by atomic mass is 15.0. The second-order valence-corrected chi connectivity index (χ2v) is 6.35. The van der Waals surface area contributed by atoms with Crippen molar-refractivity contribution in [3.05, 3.63) is 41.5 Å². The summed E-state index contributed by atoms with van der Waals surface area (Å²) in [7, 11) is 1.65. The maximum Gasteiger partial charge on any atom is 0.0394 e. The summed E-state index contributed by atoms with van der Waals surface area (Å²) in [5.41, 5.74) is 2.70. The van der Waals surface area contributed by atoms with Crippen LogP contribution in [0.3, 0.4) is 0 Å². The van der Waals surface area contributed by atoms with Crippen molar-refractivity contribution < 1.29 is 4.11 Å². The molecule has 1 aromatic rings. The number of hydrogen-bond acceptors (Lipinski definition) is 1. The molecule has 0 amide bonds. The largest absolute Gasteiger partial charge is 0.309 e. The van der Waals surface area contributed by atoms with E-state index in [-0.39, 0.29) is 0 Å². The van der Waals surface area contributed by atoms with E-state index in [4.69, 9.17) is 4.11 Å². The molecule has 0 spiro atoms. The maximum atomic E-state index is 7.36. The zero-order valence-corrected chi connectivity index (χ0v) is 13.4. The van der Waals surface area contributed by atoms with Gasteiger partial charge in [-0.25, -0.2) is 0 Å². The van der Waals surface area contributed by atoms with Crippen LogP contribution in [0.4, 0.5) is 0 Å². The number of rotatable bonds is 7. The summed E-state index contributed by atoms with van der Waals surface area (Å²) in [6, 6.07) is 8.60. The van der Waals surface area contributed by atoms with Gasteiger partial charge in [0.15, 0.2) is 0 Å². The summed E-state index contributed by atoms with van der Waals surface area (Å²) >= 11 is 0. The normalized spacial score (nSPS) is 19.6. The minimum absolute atomic E-state index is 0.553. The third-order valence-corrected chi connectivity index (χ3v) is 4.53. The summed E-state index contributed by atoms with van der Waals surface area (Å²) in [6.45, 7) is -1.44. The minimum Gasteiger partial charge on any atom is -0.309 e. The molecule has 0 atom stereocenters. The van der Waals surface area contributed by atoms with Crippen molar-refractivity contribution in [3.8, 4) is 0 Å². The van der Waals surface area contributed by atoms with Gasteiger partial charge in [0.25, 0.3) is 0 Å². The zero-order valence-electron chi connectivity index (χ0n) is 16.4. The van der Waals surface area contributed by atoms with Gasteiger partial charge in [-0.05, 0) is 50.3 Å². The molecule has 1 heteroatoms. The molecule has 0 aliphatic heterocycles. The van der Waals surface area contributed by atoms with Gasteiger partial charge in [-0.3, -0.25) is 0 Å². The SMILES string of the molecule is [2H]C([2H])([2H])N(C)CC/C=C/c1ccccc1CCC1CCCCC1. The monoisotopic (exact) mass is 288 g/mol. The van der Waals surface area contributed by atoms with E-state index < -0.39 is 6.98 Å². The Morgan fingerprint density at radius 2 is 2.05 bits per heavy atom. The Labute approximate surface area is 135 Å². The van der Waals surface area contributed by atoms with Crippen LogP contribution in [-0.4, -0.2) is 25.5 Å². The molecule has 1 aromatic carbocycles. The first-order valence-corrected chi connectivity index (χ1v) is 8.42. The average Bonchev–Trinajstić information content (AvgIpc) is 2.57. The maximum absolute atomic E-state index is 7.36. The molecule has 0 saturated heterocycles. The Kier molecular flexibility index (Phi) is 5.37. The van der Waals surface area contributed by atoms with Gasteiger partial charge in [-0.1, -0.05) is 68.5 Å². The lowest BCUT2D eigenvalue weighted by molar-refractivity contribution is 0.339. The third kappa shape index (κ3) is 6.05.